The normalized spacial score (nSPS) is 11.0. The largest absolute Gasteiger partial charge is 0.103 e. The van der Waals surface area contributed by atoms with E-state index < -0.39 is 0 Å². The Morgan fingerprint density at radius 2 is 1.75 bits per heavy atom. The van der Waals surface area contributed by atoms with Gasteiger partial charge in [0.05, 0.1) is 0 Å². The van der Waals surface area contributed by atoms with Crippen molar-refractivity contribution in [3.8, 4) is 0 Å². The van der Waals surface area contributed by atoms with Gasteiger partial charge in [-0.05, 0) is 29.2 Å². The lowest BCUT2D eigenvalue weighted by Crippen LogP contribution is -1.77. The molecular formula is C16H16. The molecule has 2 rings (SSSR count). The maximum atomic E-state index is 3.72. The fraction of sp³-hybridized carbons (Fsp3) is 0.125. The summed E-state index contributed by atoms with van der Waals surface area (Å²) in [4.78, 5) is 0. The molecule has 0 heterocycles. The molecule has 0 N–H and O–H groups in total. The summed E-state index contributed by atoms with van der Waals surface area (Å²) in [5, 5.41) is 2.62. The Morgan fingerprint density at radius 3 is 2.62 bits per heavy atom. The molecule has 0 nitrogen and oxygen atoms in total. The van der Waals surface area contributed by atoms with E-state index in [0.717, 1.165) is 12.8 Å². The summed E-state index contributed by atoms with van der Waals surface area (Å²) in [7, 11) is 0. The highest BCUT2D eigenvalue weighted by Crippen LogP contribution is 2.19. The summed E-state index contributed by atoms with van der Waals surface area (Å²) in [5.41, 5.74) is 1.29. The van der Waals surface area contributed by atoms with Gasteiger partial charge in [0.1, 0.15) is 0 Å². The average molecular weight is 208 g/mol. The molecule has 0 aromatic heterocycles. The van der Waals surface area contributed by atoms with Gasteiger partial charge in [-0.15, -0.1) is 6.58 Å². The predicted molar refractivity (Wildman–Crippen MR) is 72.4 cm³/mol. The number of benzene rings is 2. The van der Waals surface area contributed by atoms with Crippen molar-refractivity contribution in [3.63, 3.8) is 0 Å². The summed E-state index contributed by atoms with van der Waals surface area (Å²) in [6, 6.07) is 14.9. The summed E-state index contributed by atoms with van der Waals surface area (Å²) in [6.07, 6.45) is 8.47. The van der Waals surface area contributed by atoms with Crippen LogP contribution in [0.15, 0.2) is 61.2 Å². The molecule has 0 amide bonds. The summed E-state index contributed by atoms with van der Waals surface area (Å²) in [5.74, 6) is 0. The highest BCUT2D eigenvalue weighted by atomic mass is 14.0. The molecule has 0 radical (unpaired) electrons. The molecule has 0 heteroatoms. The molecule has 16 heavy (non-hydrogen) atoms. The van der Waals surface area contributed by atoms with Crippen molar-refractivity contribution in [1.82, 2.24) is 0 Å². The van der Waals surface area contributed by atoms with Gasteiger partial charge in [-0.2, -0.15) is 0 Å². The molecule has 0 unspecified atom stereocenters. The predicted octanol–water partition coefficient (Wildman–Crippen LogP) is 4.82. The van der Waals surface area contributed by atoms with Crippen molar-refractivity contribution in [2.75, 3.05) is 0 Å². The second kappa shape index (κ2) is 5.32. The van der Waals surface area contributed by atoms with E-state index in [1.54, 1.807) is 0 Å². The van der Waals surface area contributed by atoms with E-state index in [9.17, 15) is 0 Å². The minimum atomic E-state index is 1.04. The van der Waals surface area contributed by atoms with Gasteiger partial charge in [-0.25, -0.2) is 0 Å². The summed E-state index contributed by atoms with van der Waals surface area (Å²) >= 11 is 0. The maximum absolute atomic E-state index is 3.72. The molecule has 0 saturated heterocycles. The lowest BCUT2D eigenvalue weighted by atomic mass is 10.0. The fourth-order valence-electron chi connectivity index (χ4n) is 1.82. The van der Waals surface area contributed by atoms with E-state index in [1.165, 1.54) is 16.3 Å². The van der Waals surface area contributed by atoms with E-state index in [-0.39, 0.29) is 0 Å². The number of hydrogen-bond donors (Lipinski definition) is 0. The minimum Gasteiger partial charge on any atom is -0.103 e. The smallest absolute Gasteiger partial charge is 0.0112 e. The first kappa shape index (κ1) is 10.7. The standard InChI is InChI=1S/C16H16/c1-2-3-4-5-9-14-11-8-12-15-10-6-7-13-16(14)15/h2,5-13H,1,3-4H2/b9-5-. The quantitative estimate of drug-likeness (QED) is 0.499. The third-order valence-electron chi connectivity index (χ3n) is 2.66. The van der Waals surface area contributed by atoms with Crippen LogP contribution in [-0.4, -0.2) is 0 Å². The second-order valence-corrected chi connectivity index (χ2v) is 3.84. The Balaban J connectivity index is 2.30. The van der Waals surface area contributed by atoms with Crippen molar-refractivity contribution in [1.29, 1.82) is 0 Å². The molecule has 80 valence electrons. The molecule has 0 atom stereocenters. The van der Waals surface area contributed by atoms with Crippen LogP contribution in [0.1, 0.15) is 18.4 Å². The number of rotatable bonds is 4. The first-order valence-corrected chi connectivity index (χ1v) is 5.67. The van der Waals surface area contributed by atoms with Crippen LogP contribution in [-0.2, 0) is 0 Å². The molecule has 0 bridgehead atoms. The molecular weight excluding hydrogens is 192 g/mol. The lowest BCUT2D eigenvalue weighted by molar-refractivity contribution is 1.06. The molecule has 2 aromatic carbocycles. The van der Waals surface area contributed by atoms with E-state index >= 15 is 0 Å². The van der Waals surface area contributed by atoms with E-state index in [2.05, 4.69) is 61.2 Å². The van der Waals surface area contributed by atoms with Crippen molar-refractivity contribution in [2.24, 2.45) is 0 Å². The SMILES string of the molecule is C=CCC/C=C\c1cccc2ccccc12. The monoisotopic (exact) mass is 208 g/mol. The van der Waals surface area contributed by atoms with Gasteiger partial charge >= 0.3 is 0 Å². The van der Waals surface area contributed by atoms with Crippen LogP contribution in [0.4, 0.5) is 0 Å². The highest BCUT2D eigenvalue weighted by Gasteiger charge is 1.95. The van der Waals surface area contributed by atoms with Gasteiger partial charge in [0.25, 0.3) is 0 Å². The van der Waals surface area contributed by atoms with Gasteiger partial charge < -0.3 is 0 Å². The van der Waals surface area contributed by atoms with Gasteiger partial charge in [-0.1, -0.05) is 60.7 Å². The van der Waals surface area contributed by atoms with E-state index in [1.807, 2.05) is 6.08 Å². The zero-order valence-electron chi connectivity index (χ0n) is 9.39. The zero-order valence-corrected chi connectivity index (χ0v) is 9.39. The highest BCUT2D eigenvalue weighted by molar-refractivity contribution is 5.90. The van der Waals surface area contributed by atoms with E-state index in [0.29, 0.717) is 0 Å². The molecule has 0 spiro atoms. The number of fused-ring (bicyclic) bond motifs is 1. The van der Waals surface area contributed by atoms with Crippen LogP contribution in [0, 0.1) is 0 Å². The Bertz CT molecular complexity index is 501. The Labute approximate surface area is 96.9 Å². The molecule has 0 aliphatic carbocycles. The van der Waals surface area contributed by atoms with Crippen molar-refractivity contribution in [3.05, 3.63) is 66.8 Å². The topological polar surface area (TPSA) is 0 Å². The molecule has 0 aliphatic heterocycles. The van der Waals surface area contributed by atoms with Gasteiger partial charge in [0, 0.05) is 0 Å². The first-order chi connectivity index (χ1) is 7.92. The average Bonchev–Trinajstić information content (AvgIpc) is 2.35. The Hall–Kier alpha value is -1.82. The van der Waals surface area contributed by atoms with Crippen molar-refractivity contribution < 1.29 is 0 Å². The maximum Gasteiger partial charge on any atom is -0.0112 e. The molecule has 0 aliphatic rings. The Morgan fingerprint density at radius 1 is 0.938 bits per heavy atom. The first-order valence-electron chi connectivity index (χ1n) is 5.67. The molecule has 0 saturated carbocycles. The Kier molecular flexibility index (Phi) is 3.55. The molecule has 0 fully saturated rings. The summed E-state index contributed by atoms with van der Waals surface area (Å²) < 4.78 is 0. The number of unbranched alkanes of at least 4 members (excludes halogenated alkanes) is 1. The van der Waals surface area contributed by atoms with E-state index in [4.69, 9.17) is 0 Å². The third-order valence-corrected chi connectivity index (χ3v) is 2.66. The number of allylic oxidation sites excluding steroid dienone is 2. The van der Waals surface area contributed by atoms with Gasteiger partial charge in [0.2, 0.25) is 0 Å². The summed E-state index contributed by atoms with van der Waals surface area (Å²) in [6.45, 7) is 3.72. The van der Waals surface area contributed by atoms with Crippen LogP contribution in [0.5, 0.6) is 0 Å². The fourth-order valence-corrected chi connectivity index (χ4v) is 1.82. The third kappa shape index (κ3) is 2.40. The second-order valence-electron chi connectivity index (χ2n) is 3.84. The van der Waals surface area contributed by atoms with Crippen LogP contribution < -0.4 is 0 Å². The van der Waals surface area contributed by atoms with Gasteiger partial charge in [-0.3, -0.25) is 0 Å². The zero-order chi connectivity index (χ0) is 11.2. The van der Waals surface area contributed by atoms with Crippen LogP contribution >= 0.6 is 0 Å². The van der Waals surface area contributed by atoms with Crippen LogP contribution in [0.2, 0.25) is 0 Å². The van der Waals surface area contributed by atoms with Crippen LogP contribution in [0.25, 0.3) is 16.8 Å². The molecule has 2 aromatic rings. The van der Waals surface area contributed by atoms with Crippen molar-refractivity contribution in [2.45, 2.75) is 12.8 Å². The minimum absolute atomic E-state index is 1.04. The van der Waals surface area contributed by atoms with Crippen LogP contribution in [0.3, 0.4) is 0 Å². The van der Waals surface area contributed by atoms with Crippen molar-refractivity contribution >= 4 is 16.8 Å². The lowest BCUT2D eigenvalue weighted by Gasteiger charge is -2.01. The number of hydrogen-bond acceptors (Lipinski definition) is 0. The van der Waals surface area contributed by atoms with Gasteiger partial charge in [0.15, 0.2) is 0 Å².